The van der Waals surface area contributed by atoms with E-state index in [2.05, 4.69) is 0 Å². The number of hydrogen-bond acceptors (Lipinski definition) is 3. The minimum absolute atomic E-state index is 0.104. The highest BCUT2D eigenvalue weighted by atomic mass is 32.2. The summed E-state index contributed by atoms with van der Waals surface area (Å²) >= 11 is 0. The second kappa shape index (κ2) is 5.85. The van der Waals surface area contributed by atoms with Gasteiger partial charge in [-0.3, -0.25) is 4.18 Å². The molecule has 2 rings (SSSR count). The normalized spacial score (nSPS) is 18.9. The summed E-state index contributed by atoms with van der Waals surface area (Å²) in [6.45, 7) is 1.88. The van der Waals surface area contributed by atoms with Gasteiger partial charge in [-0.25, -0.2) is 0 Å². The SMILES string of the molecule is CCC(c1ccccc1)S(=O)(=O)OC1CCCC1. The monoisotopic (exact) mass is 268 g/mol. The van der Waals surface area contributed by atoms with Gasteiger partial charge in [0, 0.05) is 0 Å². The summed E-state index contributed by atoms with van der Waals surface area (Å²) in [7, 11) is -3.51. The van der Waals surface area contributed by atoms with Crippen LogP contribution in [0.1, 0.15) is 49.8 Å². The van der Waals surface area contributed by atoms with E-state index in [0.717, 1.165) is 31.2 Å². The van der Waals surface area contributed by atoms with Gasteiger partial charge in [0.05, 0.1) is 6.10 Å². The van der Waals surface area contributed by atoms with Crippen LogP contribution in [0, 0.1) is 0 Å². The summed E-state index contributed by atoms with van der Waals surface area (Å²) in [5.41, 5.74) is 0.818. The maximum Gasteiger partial charge on any atom is 0.274 e. The van der Waals surface area contributed by atoms with Gasteiger partial charge in [0.2, 0.25) is 0 Å². The Labute approximate surface area is 109 Å². The first kappa shape index (κ1) is 13.6. The Kier molecular flexibility index (Phi) is 4.40. The minimum Gasteiger partial charge on any atom is -0.266 e. The van der Waals surface area contributed by atoms with Crippen LogP contribution in [0.25, 0.3) is 0 Å². The second-order valence-corrected chi connectivity index (χ2v) is 6.55. The van der Waals surface area contributed by atoms with Gasteiger partial charge in [-0.05, 0) is 24.8 Å². The first-order chi connectivity index (χ1) is 8.63. The van der Waals surface area contributed by atoms with Gasteiger partial charge in [0.1, 0.15) is 5.25 Å². The van der Waals surface area contributed by atoms with Crippen LogP contribution in [0.15, 0.2) is 30.3 Å². The van der Waals surface area contributed by atoms with E-state index < -0.39 is 15.4 Å². The molecule has 0 amide bonds. The molecule has 100 valence electrons. The molecule has 1 fully saturated rings. The Morgan fingerprint density at radius 1 is 1.22 bits per heavy atom. The molecule has 1 aromatic carbocycles. The highest BCUT2D eigenvalue weighted by Gasteiger charge is 2.30. The molecule has 1 atom stereocenters. The van der Waals surface area contributed by atoms with Gasteiger partial charge in [0.15, 0.2) is 0 Å². The van der Waals surface area contributed by atoms with Gasteiger partial charge in [0.25, 0.3) is 10.1 Å². The summed E-state index contributed by atoms with van der Waals surface area (Å²) in [6.07, 6.45) is 4.31. The van der Waals surface area contributed by atoms with Gasteiger partial charge in [-0.15, -0.1) is 0 Å². The van der Waals surface area contributed by atoms with Gasteiger partial charge >= 0.3 is 0 Å². The van der Waals surface area contributed by atoms with Crippen LogP contribution in [-0.2, 0) is 14.3 Å². The van der Waals surface area contributed by atoms with Crippen LogP contribution >= 0.6 is 0 Å². The zero-order valence-electron chi connectivity index (χ0n) is 10.7. The molecule has 0 saturated heterocycles. The van der Waals surface area contributed by atoms with Gasteiger partial charge in [-0.1, -0.05) is 50.1 Å². The van der Waals surface area contributed by atoms with Crippen molar-refractivity contribution in [3.63, 3.8) is 0 Å². The molecule has 0 aromatic heterocycles. The molecular weight excluding hydrogens is 248 g/mol. The Morgan fingerprint density at radius 2 is 1.83 bits per heavy atom. The van der Waals surface area contributed by atoms with Gasteiger partial charge in [-0.2, -0.15) is 8.42 Å². The molecule has 1 aliphatic rings. The topological polar surface area (TPSA) is 43.4 Å². The van der Waals surface area contributed by atoms with E-state index in [-0.39, 0.29) is 6.10 Å². The quantitative estimate of drug-likeness (QED) is 0.768. The fraction of sp³-hybridized carbons (Fsp3) is 0.571. The fourth-order valence-corrected chi connectivity index (χ4v) is 4.12. The van der Waals surface area contributed by atoms with Crippen LogP contribution in [-0.4, -0.2) is 14.5 Å². The third-order valence-electron chi connectivity index (χ3n) is 3.46. The smallest absolute Gasteiger partial charge is 0.266 e. The number of rotatable bonds is 5. The molecule has 1 saturated carbocycles. The van der Waals surface area contributed by atoms with E-state index in [1.807, 2.05) is 37.3 Å². The van der Waals surface area contributed by atoms with Crippen molar-refractivity contribution in [1.29, 1.82) is 0 Å². The van der Waals surface area contributed by atoms with Crippen molar-refractivity contribution in [2.45, 2.75) is 50.4 Å². The second-order valence-electron chi connectivity index (χ2n) is 4.80. The first-order valence-corrected chi connectivity index (χ1v) is 8.07. The molecule has 0 radical (unpaired) electrons. The minimum atomic E-state index is -3.51. The Morgan fingerprint density at radius 3 is 2.39 bits per heavy atom. The molecule has 18 heavy (non-hydrogen) atoms. The first-order valence-electron chi connectivity index (χ1n) is 6.60. The Hall–Kier alpha value is -0.870. The molecule has 1 unspecified atom stereocenters. The van der Waals surface area contributed by atoms with Crippen molar-refractivity contribution in [1.82, 2.24) is 0 Å². The van der Waals surface area contributed by atoms with E-state index in [1.54, 1.807) is 0 Å². The molecule has 0 aliphatic heterocycles. The largest absolute Gasteiger partial charge is 0.274 e. The van der Waals surface area contributed by atoms with Crippen molar-refractivity contribution in [3.05, 3.63) is 35.9 Å². The number of benzene rings is 1. The van der Waals surface area contributed by atoms with E-state index >= 15 is 0 Å². The van der Waals surface area contributed by atoms with E-state index in [4.69, 9.17) is 4.18 Å². The average Bonchev–Trinajstić information content (AvgIpc) is 2.83. The zero-order chi connectivity index (χ0) is 13.0. The van der Waals surface area contributed by atoms with Crippen molar-refractivity contribution in [3.8, 4) is 0 Å². The van der Waals surface area contributed by atoms with Crippen molar-refractivity contribution in [2.75, 3.05) is 0 Å². The highest BCUT2D eigenvalue weighted by molar-refractivity contribution is 7.87. The molecule has 0 N–H and O–H groups in total. The van der Waals surface area contributed by atoms with Crippen molar-refractivity contribution < 1.29 is 12.6 Å². The summed E-state index contributed by atoms with van der Waals surface area (Å²) in [5.74, 6) is 0. The summed E-state index contributed by atoms with van der Waals surface area (Å²) in [5, 5.41) is -0.542. The predicted octanol–water partition coefficient (Wildman–Crippen LogP) is 3.43. The Bertz CT molecular complexity index is 461. The predicted molar refractivity (Wildman–Crippen MR) is 71.7 cm³/mol. The lowest BCUT2D eigenvalue weighted by molar-refractivity contribution is 0.213. The standard InChI is InChI=1S/C14H20O3S/c1-2-14(12-8-4-3-5-9-12)18(15,16)17-13-10-6-7-11-13/h3-5,8-9,13-14H,2,6-7,10-11H2,1H3. The van der Waals surface area contributed by atoms with Gasteiger partial charge < -0.3 is 0 Å². The van der Waals surface area contributed by atoms with Crippen molar-refractivity contribution >= 4 is 10.1 Å². The lowest BCUT2D eigenvalue weighted by atomic mass is 10.1. The third kappa shape index (κ3) is 3.12. The van der Waals surface area contributed by atoms with E-state index in [0.29, 0.717) is 6.42 Å². The summed E-state index contributed by atoms with van der Waals surface area (Å²) in [4.78, 5) is 0. The molecule has 3 nitrogen and oxygen atoms in total. The molecule has 0 bridgehead atoms. The zero-order valence-corrected chi connectivity index (χ0v) is 11.5. The molecular formula is C14H20O3S. The average molecular weight is 268 g/mol. The molecule has 1 aliphatic carbocycles. The summed E-state index contributed by atoms with van der Waals surface area (Å²) in [6, 6.07) is 9.32. The molecule has 1 aromatic rings. The number of hydrogen-bond donors (Lipinski definition) is 0. The summed E-state index contributed by atoms with van der Waals surface area (Å²) < 4.78 is 30.0. The maximum absolute atomic E-state index is 12.3. The Balaban J connectivity index is 2.15. The van der Waals surface area contributed by atoms with E-state index in [9.17, 15) is 8.42 Å². The van der Waals surface area contributed by atoms with Crippen LogP contribution in [0.4, 0.5) is 0 Å². The lowest BCUT2D eigenvalue weighted by Crippen LogP contribution is -2.21. The van der Waals surface area contributed by atoms with Crippen LogP contribution in [0.3, 0.4) is 0 Å². The van der Waals surface area contributed by atoms with E-state index in [1.165, 1.54) is 0 Å². The van der Waals surface area contributed by atoms with Crippen LogP contribution in [0.2, 0.25) is 0 Å². The van der Waals surface area contributed by atoms with Crippen LogP contribution < -0.4 is 0 Å². The molecule has 0 spiro atoms. The highest BCUT2D eigenvalue weighted by Crippen LogP contribution is 2.31. The lowest BCUT2D eigenvalue weighted by Gasteiger charge is -2.19. The molecule has 4 heteroatoms. The maximum atomic E-state index is 12.3. The third-order valence-corrected chi connectivity index (χ3v) is 5.31. The van der Waals surface area contributed by atoms with Crippen molar-refractivity contribution in [2.24, 2.45) is 0 Å². The fourth-order valence-electron chi connectivity index (χ4n) is 2.52. The van der Waals surface area contributed by atoms with Crippen LogP contribution in [0.5, 0.6) is 0 Å². The molecule has 0 heterocycles.